The van der Waals surface area contributed by atoms with Gasteiger partial charge < -0.3 is 5.32 Å². The number of fused-ring (bicyclic) bond motifs is 1. The quantitative estimate of drug-likeness (QED) is 0.638. The topological polar surface area (TPSA) is 42.0 Å². The van der Waals surface area contributed by atoms with Crippen LogP contribution in [0.25, 0.3) is 11.6 Å². The number of halogens is 3. The van der Waals surface area contributed by atoms with Crippen molar-refractivity contribution in [2.45, 2.75) is 0 Å². The molecule has 0 spiro atoms. The maximum atomic E-state index is 13.2. The minimum absolute atomic E-state index is 0.0339. The predicted octanol–water partition coefficient (Wildman–Crippen LogP) is 4.02. The maximum Gasteiger partial charge on any atom is 0.256 e. The summed E-state index contributed by atoms with van der Waals surface area (Å²) in [5, 5.41) is 3.27. The molecule has 2 heterocycles. The number of carbonyl (C=O) groups excluding carboxylic acids is 1. The van der Waals surface area contributed by atoms with Gasteiger partial charge in [-0.2, -0.15) is 4.39 Å². The number of nitrogens with one attached hydrogen (secondary N) is 1. The zero-order valence-corrected chi connectivity index (χ0v) is 11.5. The minimum Gasteiger partial charge on any atom is -0.321 e. The third kappa shape index (κ3) is 2.40. The van der Waals surface area contributed by atoms with Crippen molar-refractivity contribution in [1.82, 2.24) is 4.98 Å². The normalized spacial score (nSPS) is 15.3. The maximum absolute atomic E-state index is 13.2. The van der Waals surface area contributed by atoms with E-state index in [9.17, 15) is 9.18 Å². The van der Waals surface area contributed by atoms with E-state index in [4.69, 9.17) is 23.2 Å². The van der Waals surface area contributed by atoms with Crippen LogP contribution in [0, 0.1) is 5.95 Å². The van der Waals surface area contributed by atoms with Crippen LogP contribution >= 0.6 is 23.2 Å². The second-order valence-electron chi connectivity index (χ2n) is 4.25. The molecule has 100 valence electrons. The zero-order valence-electron chi connectivity index (χ0n) is 9.95. The van der Waals surface area contributed by atoms with Gasteiger partial charge in [0.15, 0.2) is 0 Å². The highest BCUT2D eigenvalue weighted by molar-refractivity contribution is 6.36. The first-order chi connectivity index (χ1) is 9.52. The molecule has 3 rings (SSSR count). The third-order valence-electron chi connectivity index (χ3n) is 2.86. The summed E-state index contributed by atoms with van der Waals surface area (Å²) in [5.74, 6) is -0.963. The van der Waals surface area contributed by atoms with Crippen LogP contribution in [0.1, 0.15) is 11.1 Å². The Kier molecular flexibility index (Phi) is 3.20. The van der Waals surface area contributed by atoms with Gasteiger partial charge in [-0.3, -0.25) is 4.79 Å². The van der Waals surface area contributed by atoms with Crippen LogP contribution in [0.3, 0.4) is 0 Å². The summed E-state index contributed by atoms with van der Waals surface area (Å²) < 4.78 is 13.2. The highest BCUT2D eigenvalue weighted by Crippen LogP contribution is 2.35. The molecule has 0 aliphatic carbocycles. The fraction of sp³-hybridized carbons (Fsp3) is 0. The summed E-state index contributed by atoms with van der Waals surface area (Å²) in [7, 11) is 0. The molecular formula is C14H7Cl2FN2O. The van der Waals surface area contributed by atoms with Crippen LogP contribution in [0.15, 0.2) is 30.3 Å². The van der Waals surface area contributed by atoms with Crippen LogP contribution in [0.2, 0.25) is 10.2 Å². The Balaban J connectivity index is 2.11. The molecule has 0 unspecified atom stereocenters. The Morgan fingerprint density at radius 3 is 2.75 bits per heavy atom. The SMILES string of the molecule is O=C1Nc2cc(Cl)ccc2/C1=C\c1cc(F)nc(Cl)c1. The lowest BCUT2D eigenvalue weighted by atomic mass is 10.0. The van der Waals surface area contributed by atoms with Crippen molar-refractivity contribution < 1.29 is 9.18 Å². The van der Waals surface area contributed by atoms with E-state index in [1.165, 1.54) is 12.1 Å². The van der Waals surface area contributed by atoms with Crippen molar-refractivity contribution in [3.05, 3.63) is 57.6 Å². The molecule has 0 bridgehead atoms. The van der Waals surface area contributed by atoms with Crippen LogP contribution in [-0.2, 0) is 4.79 Å². The number of hydrogen-bond acceptors (Lipinski definition) is 2. The minimum atomic E-state index is -0.695. The smallest absolute Gasteiger partial charge is 0.256 e. The van der Waals surface area contributed by atoms with Crippen molar-refractivity contribution in [3.8, 4) is 0 Å². The van der Waals surface area contributed by atoms with Crippen molar-refractivity contribution >= 4 is 46.4 Å². The number of benzene rings is 1. The highest BCUT2D eigenvalue weighted by atomic mass is 35.5. The van der Waals surface area contributed by atoms with Gasteiger partial charge in [-0.15, -0.1) is 0 Å². The molecule has 3 nitrogen and oxygen atoms in total. The number of anilines is 1. The van der Waals surface area contributed by atoms with E-state index < -0.39 is 5.95 Å². The Labute approximate surface area is 124 Å². The molecule has 0 saturated heterocycles. The molecule has 0 saturated carbocycles. The van der Waals surface area contributed by atoms with Gasteiger partial charge in [-0.1, -0.05) is 29.3 Å². The lowest BCUT2D eigenvalue weighted by molar-refractivity contribution is -0.110. The van der Waals surface area contributed by atoms with Crippen molar-refractivity contribution in [2.24, 2.45) is 0 Å². The third-order valence-corrected chi connectivity index (χ3v) is 3.29. The molecule has 6 heteroatoms. The molecule has 1 aromatic heterocycles. The Bertz CT molecular complexity index is 739. The Hall–Kier alpha value is -1.91. The van der Waals surface area contributed by atoms with Crippen molar-refractivity contribution in [2.75, 3.05) is 5.32 Å². The number of rotatable bonds is 1. The van der Waals surface area contributed by atoms with Crippen LogP contribution < -0.4 is 5.32 Å². The van der Waals surface area contributed by atoms with Gasteiger partial charge >= 0.3 is 0 Å². The van der Waals surface area contributed by atoms with Gasteiger partial charge in [0.2, 0.25) is 5.95 Å². The molecule has 1 aliphatic rings. The number of aromatic nitrogens is 1. The summed E-state index contributed by atoms with van der Waals surface area (Å²) in [6, 6.07) is 7.78. The van der Waals surface area contributed by atoms with Crippen LogP contribution in [-0.4, -0.2) is 10.9 Å². The van der Waals surface area contributed by atoms with Crippen molar-refractivity contribution in [1.29, 1.82) is 0 Å². The van der Waals surface area contributed by atoms with Crippen molar-refractivity contribution in [3.63, 3.8) is 0 Å². The predicted molar refractivity (Wildman–Crippen MR) is 77.2 cm³/mol. The average molecular weight is 309 g/mol. The number of amides is 1. The van der Waals surface area contributed by atoms with Crippen LogP contribution in [0.4, 0.5) is 10.1 Å². The highest BCUT2D eigenvalue weighted by Gasteiger charge is 2.24. The van der Waals surface area contributed by atoms with E-state index in [1.54, 1.807) is 24.3 Å². The van der Waals surface area contributed by atoms with Crippen LogP contribution in [0.5, 0.6) is 0 Å². The molecule has 1 aromatic carbocycles. The number of nitrogens with zero attached hydrogens (tertiary/aromatic N) is 1. The standard InChI is InChI=1S/C14H7Cl2FN2O/c15-8-1-2-9-10(14(20)18-11(9)6-8)3-7-4-12(16)19-13(17)5-7/h1-6H,(H,18,20)/b10-3+. The van der Waals surface area contributed by atoms with Gasteiger partial charge in [0.05, 0.1) is 5.69 Å². The summed E-state index contributed by atoms with van der Waals surface area (Å²) in [6.45, 7) is 0. The molecule has 20 heavy (non-hydrogen) atoms. The van der Waals surface area contributed by atoms with E-state index >= 15 is 0 Å². The molecule has 1 aliphatic heterocycles. The lowest BCUT2D eigenvalue weighted by Gasteiger charge is -2.00. The second-order valence-corrected chi connectivity index (χ2v) is 5.07. The largest absolute Gasteiger partial charge is 0.321 e. The zero-order chi connectivity index (χ0) is 14.3. The summed E-state index contributed by atoms with van der Waals surface area (Å²) in [5.41, 5.74) is 2.25. The fourth-order valence-corrected chi connectivity index (χ4v) is 2.42. The van der Waals surface area contributed by atoms with E-state index in [2.05, 4.69) is 10.3 Å². The van der Waals surface area contributed by atoms with E-state index in [-0.39, 0.29) is 11.1 Å². The monoisotopic (exact) mass is 308 g/mol. The number of pyridine rings is 1. The second kappa shape index (κ2) is 4.89. The molecular weight excluding hydrogens is 302 g/mol. The molecule has 1 amide bonds. The number of hydrogen-bond donors (Lipinski definition) is 1. The fourth-order valence-electron chi connectivity index (χ4n) is 2.04. The van der Waals surface area contributed by atoms with Gasteiger partial charge in [-0.05, 0) is 29.8 Å². The number of carbonyl (C=O) groups is 1. The first-order valence-electron chi connectivity index (χ1n) is 5.69. The first kappa shape index (κ1) is 13.1. The van der Waals surface area contributed by atoms with E-state index in [0.29, 0.717) is 27.4 Å². The van der Waals surface area contributed by atoms with Gasteiger partial charge in [0, 0.05) is 22.2 Å². The van der Waals surface area contributed by atoms with E-state index in [1.807, 2.05) is 0 Å². The van der Waals surface area contributed by atoms with Gasteiger partial charge in [0.25, 0.3) is 5.91 Å². The molecule has 2 aromatic rings. The van der Waals surface area contributed by atoms with E-state index in [0.717, 1.165) is 0 Å². The summed E-state index contributed by atoms with van der Waals surface area (Å²) >= 11 is 11.6. The Morgan fingerprint density at radius 2 is 2.00 bits per heavy atom. The lowest BCUT2D eigenvalue weighted by Crippen LogP contribution is -2.03. The Morgan fingerprint density at radius 1 is 1.20 bits per heavy atom. The molecule has 1 N–H and O–H groups in total. The molecule has 0 radical (unpaired) electrons. The molecule has 0 atom stereocenters. The first-order valence-corrected chi connectivity index (χ1v) is 6.44. The summed E-state index contributed by atoms with van der Waals surface area (Å²) in [6.07, 6.45) is 1.56. The summed E-state index contributed by atoms with van der Waals surface area (Å²) in [4.78, 5) is 15.4. The molecule has 0 fully saturated rings. The average Bonchev–Trinajstić information content (AvgIpc) is 2.64. The van der Waals surface area contributed by atoms with Gasteiger partial charge in [-0.25, -0.2) is 4.98 Å². The van der Waals surface area contributed by atoms with Gasteiger partial charge in [0.1, 0.15) is 5.15 Å².